The number of sulfonamides is 1. The van der Waals surface area contributed by atoms with Crippen LogP contribution in [0.4, 0.5) is 0 Å². The van der Waals surface area contributed by atoms with Crippen LogP contribution < -0.4 is 4.72 Å². The van der Waals surface area contributed by atoms with Crippen LogP contribution in [-0.2, 0) is 21.2 Å². The van der Waals surface area contributed by atoms with Gasteiger partial charge in [-0.15, -0.1) is 0 Å². The van der Waals surface area contributed by atoms with Gasteiger partial charge < -0.3 is 9.14 Å². The SMILES string of the molecule is COC(=O)c1cccc(S(=O)(=O)NCCc2cn3ccccc3n2)c1. The average Bonchev–Trinajstić information content (AvgIpc) is 3.03. The van der Waals surface area contributed by atoms with Gasteiger partial charge in [0.05, 0.1) is 23.3 Å². The number of pyridine rings is 1. The topological polar surface area (TPSA) is 89.8 Å². The van der Waals surface area contributed by atoms with Crippen LogP contribution in [0.25, 0.3) is 5.65 Å². The van der Waals surface area contributed by atoms with E-state index in [1.807, 2.05) is 35.0 Å². The highest BCUT2D eigenvalue weighted by Crippen LogP contribution is 2.12. The number of aromatic nitrogens is 2. The van der Waals surface area contributed by atoms with Gasteiger partial charge in [-0.2, -0.15) is 0 Å². The van der Waals surface area contributed by atoms with E-state index in [-0.39, 0.29) is 17.0 Å². The molecular formula is C17H17N3O4S. The molecule has 0 saturated heterocycles. The molecule has 3 aromatic rings. The minimum Gasteiger partial charge on any atom is -0.465 e. The van der Waals surface area contributed by atoms with E-state index in [0.717, 1.165) is 11.3 Å². The highest BCUT2D eigenvalue weighted by Gasteiger charge is 2.16. The van der Waals surface area contributed by atoms with Gasteiger partial charge in [-0.3, -0.25) is 0 Å². The number of fused-ring (bicyclic) bond motifs is 1. The molecule has 25 heavy (non-hydrogen) atoms. The molecule has 0 saturated carbocycles. The Balaban J connectivity index is 1.68. The number of hydrogen-bond acceptors (Lipinski definition) is 5. The maximum atomic E-state index is 12.4. The van der Waals surface area contributed by atoms with Crippen LogP contribution >= 0.6 is 0 Å². The zero-order valence-electron chi connectivity index (χ0n) is 13.5. The first-order chi connectivity index (χ1) is 12.0. The molecule has 0 atom stereocenters. The van der Waals surface area contributed by atoms with Crippen LogP contribution in [0, 0.1) is 0 Å². The molecule has 1 aromatic carbocycles. The summed E-state index contributed by atoms with van der Waals surface area (Å²) in [4.78, 5) is 16.0. The summed E-state index contributed by atoms with van der Waals surface area (Å²) in [6.45, 7) is 0.203. The first-order valence-electron chi connectivity index (χ1n) is 7.60. The maximum absolute atomic E-state index is 12.4. The second kappa shape index (κ2) is 7.04. The summed E-state index contributed by atoms with van der Waals surface area (Å²) < 4.78 is 33.7. The minimum atomic E-state index is -3.72. The Bertz CT molecular complexity index is 978. The fraction of sp³-hybridized carbons (Fsp3) is 0.176. The highest BCUT2D eigenvalue weighted by molar-refractivity contribution is 7.89. The monoisotopic (exact) mass is 359 g/mol. The molecule has 0 bridgehead atoms. The number of hydrogen-bond donors (Lipinski definition) is 1. The summed E-state index contributed by atoms with van der Waals surface area (Å²) in [7, 11) is -2.47. The number of rotatable bonds is 6. The predicted molar refractivity (Wildman–Crippen MR) is 91.9 cm³/mol. The van der Waals surface area contributed by atoms with E-state index in [0.29, 0.717) is 6.42 Å². The van der Waals surface area contributed by atoms with Crippen molar-refractivity contribution < 1.29 is 17.9 Å². The lowest BCUT2D eigenvalue weighted by Crippen LogP contribution is -2.26. The Morgan fingerprint density at radius 3 is 2.84 bits per heavy atom. The number of carbonyl (C=O) groups is 1. The van der Waals surface area contributed by atoms with Crippen LogP contribution in [0.2, 0.25) is 0 Å². The quantitative estimate of drug-likeness (QED) is 0.676. The molecule has 130 valence electrons. The summed E-state index contributed by atoms with van der Waals surface area (Å²) in [6, 6.07) is 11.4. The third-order valence-corrected chi connectivity index (χ3v) is 5.11. The molecule has 0 fully saturated rings. The number of ether oxygens (including phenoxy) is 1. The summed E-state index contributed by atoms with van der Waals surface area (Å²) >= 11 is 0. The van der Waals surface area contributed by atoms with E-state index in [1.165, 1.54) is 31.4 Å². The van der Waals surface area contributed by atoms with Crippen molar-refractivity contribution in [1.82, 2.24) is 14.1 Å². The largest absolute Gasteiger partial charge is 0.465 e. The number of nitrogens with one attached hydrogen (secondary N) is 1. The van der Waals surface area contributed by atoms with Crippen molar-refractivity contribution in [2.75, 3.05) is 13.7 Å². The molecule has 0 spiro atoms. The van der Waals surface area contributed by atoms with Gasteiger partial charge in [-0.25, -0.2) is 22.9 Å². The van der Waals surface area contributed by atoms with Gasteiger partial charge in [0.25, 0.3) is 0 Å². The molecule has 8 heteroatoms. The number of imidazole rings is 1. The number of nitrogens with zero attached hydrogens (tertiary/aromatic N) is 2. The highest BCUT2D eigenvalue weighted by atomic mass is 32.2. The van der Waals surface area contributed by atoms with E-state index in [4.69, 9.17) is 0 Å². The fourth-order valence-corrected chi connectivity index (χ4v) is 3.49. The summed E-state index contributed by atoms with van der Waals surface area (Å²) in [6.07, 6.45) is 4.20. The molecule has 1 N–H and O–H groups in total. The second-order valence-corrected chi connectivity index (χ2v) is 7.13. The van der Waals surface area contributed by atoms with Gasteiger partial charge in [-0.1, -0.05) is 12.1 Å². The number of methoxy groups -OCH3 is 1. The molecular weight excluding hydrogens is 342 g/mol. The third kappa shape index (κ3) is 3.86. The number of carbonyl (C=O) groups excluding carboxylic acids is 1. The fourth-order valence-electron chi connectivity index (χ4n) is 2.41. The lowest BCUT2D eigenvalue weighted by molar-refractivity contribution is 0.0600. The summed E-state index contributed by atoms with van der Waals surface area (Å²) in [5.41, 5.74) is 1.79. The number of esters is 1. The van der Waals surface area contributed by atoms with Crippen LogP contribution in [-0.4, -0.2) is 37.4 Å². The Morgan fingerprint density at radius 1 is 1.24 bits per heavy atom. The normalized spacial score (nSPS) is 11.6. The maximum Gasteiger partial charge on any atom is 0.337 e. The van der Waals surface area contributed by atoms with Crippen molar-refractivity contribution in [3.63, 3.8) is 0 Å². The van der Waals surface area contributed by atoms with Crippen LogP contribution in [0.5, 0.6) is 0 Å². The van der Waals surface area contributed by atoms with Crippen molar-refractivity contribution in [2.24, 2.45) is 0 Å². The van der Waals surface area contributed by atoms with Crippen molar-refractivity contribution in [3.8, 4) is 0 Å². The molecule has 0 radical (unpaired) electrons. The van der Waals surface area contributed by atoms with Gasteiger partial charge in [0, 0.05) is 25.4 Å². The molecule has 0 aliphatic carbocycles. The van der Waals surface area contributed by atoms with Crippen molar-refractivity contribution in [2.45, 2.75) is 11.3 Å². The van der Waals surface area contributed by atoms with Gasteiger partial charge in [0.2, 0.25) is 10.0 Å². The van der Waals surface area contributed by atoms with Crippen LogP contribution in [0.3, 0.4) is 0 Å². The smallest absolute Gasteiger partial charge is 0.337 e. The minimum absolute atomic E-state index is 0.0189. The van der Waals surface area contributed by atoms with Crippen molar-refractivity contribution in [1.29, 1.82) is 0 Å². The molecule has 2 aromatic heterocycles. The molecule has 0 aliphatic rings. The summed E-state index contributed by atoms with van der Waals surface area (Å²) in [5, 5.41) is 0. The van der Waals surface area contributed by atoms with Gasteiger partial charge in [0.1, 0.15) is 5.65 Å². The van der Waals surface area contributed by atoms with Gasteiger partial charge in [0.15, 0.2) is 0 Å². The Morgan fingerprint density at radius 2 is 2.08 bits per heavy atom. The van der Waals surface area contributed by atoms with E-state index in [9.17, 15) is 13.2 Å². The first-order valence-corrected chi connectivity index (χ1v) is 9.08. The van der Waals surface area contributed by atoms with E-state index < -0.39 is 16.0 Å². The standard InChI is InChI=1S/C17H17N3O4S/c1-24-17(21)13-5-4-6-15(11-13)25(22,23)18-9-8-14-12-20-10-3-2-7-16(20)19-14/h2-7,10-12,18H,8-9H2,1H3. The summed E-state index contributed by atoms with van der Waals surface area (Å²) in [5.74, 6) is -0.582. The first kappa shape index (κ1) is 17.1. The molecule has 3 rings (SSSR count). The van der Waals surface area contributed by atoms with E-state index in [2.05, 4.69) is 14.4 Å². The predicted octanol–water partition coefficient (Wildman–Crippen LogP) is 1.64. The lowest BCUT2D eigenvalue weighted by atomic mass is 10.2. The Kier molecular flexibility index (Phi) is 4.82. The van der Waals surface area contributed by atoms with Crippen molar-refractivity contribution in [3.05, 3.63) is 66.1 Å². The van der Waals surface area contributed by atoms with Crippen LogP contribution in [0.15, 0.2) is 59.8 Å². The van der Waals surface area contributed by atoms with Gasteiger partial charge in [-0.05, 0) is 30.3 Å². The second-order valence-electron chi connectivity index (χ2n) is 5.37. The Labute approximate surface area is 145 Å². The van der Waals surface area contributed by atoms with E-state index >= 15 is 0 Å². The molecule has 0 aliphatic heterocycles. The zero-order valence-corrected chi connectivity index (χ0v) is 14.4. The molecule has 0 amide bonds. The lowest BCUT2D eigenvalue weighted by Gasteiger charge is -2.07. The molecule has 7 nitrogen and oxygen atoms in total. The zero-order chi connectivity index (χ0) is 17.9. The molecule has 2 heterocycles. The molecule has 0 unspecified atom stereocenters. The van der Waals surface area contributed by atoms with E-state index in [1.54, 1.807) is 0 Å². The van der Waals surface area contributed by atoms with Crippen LogP contribution in [0.1, 0.15) is 16.1 Å². The Hall–Kier alpha value is -2.71. The average molecular weight is 359 g/mol. The van der Waals surface area contributed by atoms with Gasteiger partial charge >= 0.3 is 5.97 Å². The van der Waals surface area contributed by atoms with Crippen molar-refractivity contribution >= 4 is 21.6 Å². The third-order valence-electron chi connectivity index (χ3n) is 3.65. The number of benzene rings is 1.